The van der Waals surface area contributed by atoms with Crippen molar-refractivity contribution in [1.82, 2.24) is 0 Å². The van der Waals surface area contributed by atoms with Gasteiger partial charge < -0.3 is 18.9 Å². The first-order valence-electron chi connectivity index (χ1n) is 4.21. The molecule has 0 aliphatic rings. The first-order valence-corrected chi connectivity index (χ1v) is 4.21. The van der Waals surface area contributed by atoms with Crippen molar-refractivity contribution in [3.05, 3.63) is 12.7 Å². The van der Waals surface area contributed by atoms with Crippen LogP contribution < -0.4 is 0 Å². The smallest absolute Gasteiger partial charge is 0.380 e. The van der Waals surface area contributed by atoms with Crippen LogP contribution in [-0.2, 0) is 23.7 Å². The van der Waals surface area contributed by atoms with Gasteiger partial charge in [-0.3, -0.25) is 0 Å². The van der Waals surface area contributed by atoms with E-state index >= 15 is 0 Å². The maximum atomic E-state index is 11.0. The lowest BCUT2D eigenvalue weighted by Gasteiger charge is -2.13. The van der Waals surface area contributed by atoms with E-state index in [-0.39, 0.29) is 19.3 Å². The predicted octanol–water partition coefficient (Wildman–Crippen LogP) is 0.328. The highest BCUT2D eigenvalue weighted by Gasteiger charge is 2.19. The Morgan fingerprint density at radius 3 is 2.60 bits per heavy atom. The molecule has 1 N–H and O–H groups in total. The van der Waals surface area contributed by atoms with Crippen molar-refractivity contribution in [3.8, 4) is 0 Å². The Labute approximate surface area is 88.3 Å². The number of carbonyl (C=O) groups is 1. The molecule has 0 aromatic heterocycles. The minimum Gasteiger partial charge on any atom is -0.467 e. The number of hydrogen-bond donors (Lipinski definition) is 1. The summed E-state index contributed by atoms with van der Waals surface area (Å²) >= 11 is 0. The second kappa shape index (κ2) is 7.81. The van der Waals surface area contributed by atoms with Crippen LogP contribution in [0.3, 0.4) is 0 Å². The average molecular weight is 217 g/mol. The minimum atomic E-state index is -0.859. The summed E-state index contributed by atoms with van der Waals surface area (Å²) in [5.41, 5.74) is 0. The van der Waals surface area contributed by atoms with Crippen molar-refractivity contribution < 1.29 is 23.7 Å². The van der Waals surface area contributed by atoms with Gasteiger partial charge in [0, 0.05) is 7.11 Å². The summed E-state index contributed by atoms with van der Waals surface area (Å²) in [5, 5.41) is 7.16. The summed E-state index contributed by atoms with van der Waals surface area (Å²) < 4.78 is 18.8. The molecule has 1 atom stereocenters. The number of carbonyl (C=O) groups excluding carboxylic acids is 1. The third-order valence-electron chi connectivity index (χ3n) is 1.45. The van der Waals surface area contributed by atoms with Gasteiger partial charge in [0.25, 0.3) is 0 Å². The molecular formula is C9H15NO5. The zero-order valence-electron chi connectivity index (χ0n) is 8.82. The number of esters is 1. The first-order chi connectivity index (χ1) is 7.15. The van der Waals surface area contributed by atoms with E-state index in [2.05, 4.69) is 11.3 Å². The highest BCUT2D eigenvalue weighted by Crippen LogP contribution is 1.96. The summed E-state index contributed by atoms with van der Waals surface area (Å²) in [5.74, 6) is -0.561. The number of rotatable bonds is 6. The van der Waals surface area contributed by atoms with E-state index in [1.807, 2.05) is 0 Å². The van der Waals surface area contributed by atoms with E-state index < -0.39 is 12.1 Å². The SMILES string of the molecule is C=CCOC(=N)OCC(OC)C(=O)OC. The van der Waals surface area contributed by atoms with E-state index in [0.717, 1.165) is 0 Å². The third kappa shape index (κ3) is 5.69. The van der Waals surface area contributed by atoms with Gasteiger partial charge in [-0.2, -0.15) is 0 Å². The molecule has 0 spiro atoms. The Morgan fingerprint density at radius 2 is 2.13 bits per heavy atom. The molecule has 86 valence electrons. The predicted molar refractivity (Wildman–Crippen MR) is 52.6 cm³/mol. The van der Waals surface area contributed by atoms with Gasteiger partial charge in [-0.05, 0) is 0 Å². The zero-order valence-corrected chi connectivity index (χ0v) is 8.82. The fourth-order valence-electron chi connectivity index (χ4n) is 0.691. The molecule has 15 heavy (non-hydrogen) atoms. The molecule has 0 aromatic carbocycles. The molecule has 0 fully saturated rings. The Kier molecular flexibility index (Phi) is 7.00. The number of hydrogen-bond acceptors (Lipinski definition) is 6. The second-order valence-corrected chi connectivity index (χ2v) is 2.45. The summed E-state index contributed by atoms with van der Waals surface area (Å²) in [6.07, 6.45) is 0.231. The van der Waals surface area contributed by atoms with Crippen molar-refractivity contribution in [2.45, 2.75) is 6.10 Å². The monoisotopic (exact) mass is 217 g/mol. The minimum absolute atomic E-state index is 0.126. The molecule has 1 unspecified atom stereocenters. The summed E-state index contributed by atoms with van der Waals surface area (Å²) in [6, 6.07) is 0. The van der Waals surface area contributed by atoms with Gasteiger partial charge in [-0.15, -0.1) is 0 Å². The standard InChI is InChI=1S/C9H15NO5/c1-4-5-14-9(10)15-6-7(12-2)8(11)13-3/h4,7,10H,1,5-6H2,2-3H3. The fraction of sp³-hybridized carbons (Fsp3) is 0.556. The van der Waals surface area contributed by atoms with E-state index in [0.29, 0.717) is 0 Å². The molecule has 6 nitrogen and oxygen atoms in total. The van der Waals surface area contributed by atoms with Gasteiger partial charge in [-0.25, -0.2) is 10.2 Å². The lowest BCUT2D eigenvalue weighted by molar-refractivity contribution is -0.154. The van der Waals surface area contributed by atoms with Crippen molar-refractivity contribution in [1.29, 1.82) is 5.41 Å². The van der Waals surface area contributed by atoms with Crippen molar-refractivity contribution in [3.63, 3.8) is 0 Å². The maximum Gasteiger partial charge on any atom is 0.380 e. The molecule has 0 heterocycles. The Bertz CT molecular complexity index is 229. The molecule has 0 amide bonds. The summed E-state index contributed by atoms with van der Waals surface area (Å²) in [4.78, 5) is 11.0. The molecule has 0 aromatic rings. The lowest BCUT2D eigenvalue weighted by atomic mass is 10.4. The highest BCUT2D eigenvalue weighted by atomic mass is 16.7. The lowest BCUT2D eigenvalue weighted by Crippen LogP contribution is -2.30. The molecule has 0 rings (SSSR count). The van der Waals surface area contributed by atoms with E-state index in [1.165, 1.54) is 20.3 Å². The van der Waals surface area contributed by atoms with Crippen molar-refractivity contribution in [2.24, 2.45) is 0 Å². The first kappa shape index (κ1) is 13.4. The van der Waals surface area contributed by atoms with Crippen molar-refractivity contribution >= 4 is 12.1 Å². The van der Waals surface area contributed by atoms with Crippen LogP contribution in [0.4, 0.5) is 0 Å². The molecule has 0 saturated carbocycles. The number of methoxy groups -OCH3 is 2. The Morgan fingerprint density at radius 1 is 1.47 bits per heavy atom. The molecule has 0 aliphatic heterocycles. The van der Waals surface area contributed by atoms with Crippen LogP contribution in [-0.4, -0.2) is 45.6 Å². The fourth-order valence-corrected chi connectivity index (χ4v) is 0.691. The summed E-state index contributed by atoms with van der Waals surface area (Å²) in [7, 11) is 2.59. The Hall–Kier alpha value is -1.56. The van der Waals surface area contributed by atoms with E-state index in [1.54, 1.807) is 0 Å². The molecular weight excluding hydrogens is 202 g/mol. The molecule has 6 heteroatoms. The third-order valence-corrected chi connectivity index (χ3v) is 1.45. The quantitative estimate of drug-likeness (QED) is 0.300. The topological polar surface area (TPSA) is 77.8 Å². The normalized spacial score (nSPS) is 11.3. The Balaban J connectivity index is 3.84. The van der Waals surface area contributed by atoms with Gasteiger partial charge >= 0.3 is 12.1 Å². The van der Waals surface area contributed by atoms with Crippen LogP contribution in [0.15, 0.2) is 12.7 Å². The van der Waals surface area contributed by atoms with E-state index in [4.69, 9.17) is 19.6 Å². The van der Waals surface area contributed by atoms with Gasteiger partial charge in [0.15, 0.2) is 6.10 Å². The number of nitrogens with one attached hydrogen (secondary N) is 1. The van der Waals surface area contributed by atoms with Gasteiger partial charge in [0.1, 0.15) is 13.2 Å². The molecule has 0 bridgehead atoms. The largest absolute Gasteiger partial charge is 0.467 e. The van der Waals surface area contributed by atoms with Gasteiger partial charge in [0.2, 0.25) is 0 Å². The average Bonchev–Trinajstić information content (AvgIpc) is 2.26. The van der Waals surface area contributed by atoms with Crippen LogP contribution >= 0.6 is 0 Å². The van der Waals surface area contributed by atoms with Gasteiger partial charge in [-0.1, -0.05) is 12.7 Å². The van der Waals surface area contributed by atoms with E-state index in [9.17, 15) is 4.79 Å². The van der Waals surface area contributed by atoms with Crippen LogP contribution in [0.2, 0.25) is 0 Å². The number of ether oxygens (including phenoxy) is 4. The van der Waals surface area contributed by atoms with Crippen LogP contribution in [0.25, 0.3) is 0 Å². The van der Waals surface area contributed by atoms with Crippen LogP contribution in [0.5, 0.6) is 0 Å². The van der Waals surface area contributed by atoms with Crippen LogP contribution in [0.1, 0.15) is 0 Å². The molecule has 0 aliphatic carbocycles. The zero-order chi connectivity index (χ0) is 11.7. The molecule has 0 saturated heterocycles. The van der Waals surface area contributed by atoms with Crippen LogP contribution in [0, 0.1) is 5.41 Å². The summed E-state index contributed by atoms with van der Waals surface area (Å²) in [6.45, 7) is 3.46. The highest BCUT2D eigenvalue weighted by molar-refractivity contribution is 5.75. The second-order valence-electron chi connectivity index (χ2n) is 2.45. The van der Waals surface area contributed by atoms with Crippen molar-refractivity contribution in [2.75, 3.05) is 27.4 Å². The molecule has 0 radical (unpaired) electrons. The maximum absolute atomic E-state index is 11.0. The van der Waals surface area contributed by atoms with Gasteiger partial charge in [0.05, 0.1) is 7.11 Å².